The standard InChI is InChI=1S/C10H17NO2/c1-4-7(2)13-8(3)9-5-10(12)11-6-9/h4,8-9H,5-6H2,1-3H3,(H,11,12)/b7-4+. The van der Waals surface area contributed by atoms with E-state index in [1.165, 1.54) is 0 Å². The summed E-state index contributed by atoms with van der Waals surface area (Å²) >= 11 is 0. The van der Waals surface area contributed by atoms with Gasteiger partial charge in [-0.1, -0.05) is 0 Å². The number of hydrogen-bond donors (Lipinski definition) is 1. The summed E-state index contributed by atoms with van der Waals surface area (Å²) in [4.78, 5) is 10.9. The van der Waals surface area contributed by atoms with Gasteiger partial charge in [0.1, 0.15) is 6.10 Å². The molecule has 2 unspecified atom stereocenters. The first-order valence-corrected chi connectivity index (χ1v) is 4.69. The molecule has 74 valence electrons. The third-order valence-corrected chi connectivity index (χ3v) is 2.45. The molecule has 0 spiro atoms. The molecule has 3 nitrogen and oxygen atoms in total. The number of rotatable bonds is 3. The van der Waals surface area contributed by atoms with Crippen LogP contribution < -0.4 is 5.32 Å². The van der Waals surface area contributed by atoms with Crippen molar-refractivity contribution in [3.63, 3.8) is 0 Å². The van der Waals surface area contributed by atoms with E-state index in [-0.39, 0.29) is 12.0 Å². The van der Waals surface area contributed by atoms with Gasteiger partial charge in [-0.25, -0.2) is 0 Å². The third kappa shape index (κ3) is 2.76. The van der Waals surface area contributed by atoms with E-state index >= 15 is 0 Å². The Morgan fingerprint density at radius 3 is 2.92 bits per heavy atom. The maximum Gasteiger partial charge on any atom is 0.220 e. The van der Waals surface area contributed by atoms with Crippen LogP contribution >= 0.6 is 0 Å². The van der Waals surface area contributed by atoms with Crippen molar-refractivity contribution in [3.05, 3.63) is 11.8 Å². The molecule has 1 fully saturated rings. The minimum atomic E-state index is 0.121. The van der Waals surface area contributed by atoms with Crippen molar-refractivity contribution >= 4 is 5.91 Å². The highest BCUT2D eigenvalue weighted by Gasteiger charge is 2.27. The van der Waals surface area contributed by atoms with E-state index in [1.54, 1.807) is 0 Å². The lowest BCUT2D eigenvalue weighted by atomic mass is 10.0. The highest BCUT2D eigenvalue weighted by Crippen LogP contribution is 2.18. The van der Waals surface area contributed by atoms with Crippen molar-refractivity contribution < 1.29 is 9.53 Å². The van der Waals surface area contributed by atoms with Gasteiger partial charge >= 0.3 is 0 Å². The van der Waals surface area contributed by atoms with E-state index < -0.39 is 0 Å². The third-order valence-electron chi connectivity index (χ3n) is 2.45. The zero-order valence-corrected chi connectivity index (χ0v) is 8.46. The van der Waals surface area contributed by atoms with Crippen LogP contribution in [0.3, 0.4) is 0 Å². The zero-order chi connectivity index (χ0) is 9.84. The van der Waals surface area contributed by atoms with E-state index in [9.17, 15) is 4.79 Å². The number of nitrogens with one attached hydrogen (secondary N) is 1. The van der Waals surface area contributed by atoms with E-state index in [1.807, 2.05) is 26.8 Å². The first kappa shape index (κ1) is 10.1. The van der Waals surface area contributed by atoms with Crippen LogP contribution in [-0.2, 0) is 9.53 Å². The molecule has 1 aliphatic heterocycles. The van der Waals surface area contributed by atoms with Gasteiger partial charge in [0.25, 0.3) is 0 Å². The van der Waals surface area contributed by atoms with Crippen molar-refractivity contribution in [2.45, 2.75) is 33.3 Å². The summed E-state index contributed by atoms with van der Waals surface area (Å²) in [6.07, 6.45) is 2.65. The number of carbonyl (C=O) groups is 1. The lowest BCUT2D eigenvalue weighted by Crippen LogP contribution is -2.22. The maximum atomic E-state index is 10.9. The molecule has 0 bridgehead atoms. The zero-order valence-electron chi connectivity index (χ0n) is 8.46. The van der Waals surface area contributed by atoms with Gasteiger partial charge in [-0.2, -0.15) is 0 Å². The first-order valence-electron chi connectivity index (χ1n) is 4.69. The minimum absolute atomic E-state index is 0.121. The van der Waals surface area contributed by atoms with Gasteiger partial charge < -0.3 is 10.1 Å². The molecule has 2 atom stereocenters. The van der Waals surface area contributed by atoms with Crippen molar-refractivity contribution in [1.29, 1.82) is 0 Å². The molecule has 3 heteroatoms. The summed E-state index contributed by atoms with van der Waals surface area (Å²) in [7, 11) is 0. The van der Waals surface area contributed by atoms with E-state index in [4.69, 9.17) is 4.74 Å². The summed E-state index contributed by atoms with van der Waals surface area (Å²) in [5.41, 5.74) is 0. The highest BCUT2D eigenvalue weighted by atomic mass is 16.5. The van der Waals surface area contributed by atoms with Crippen LogP contribution in [0.15, 0.2) is 11.8 Å². The molecule has 0 aromatic heterocycles. The SMILES string of the molecule is C/C=C(\C)OC(C)C1CNC(=O)C1. The number of ether oxygens (including phenoxy) is 1. The fourth-order valence-electron chi connectivity index (χ4n) is 1.42. The van der Waals surface area contributed by atoms with E-state index in [0.717, 1.165) is 12.3 Å². The maximum absolute atomic E-state index is 10.9. The van der Waals surface area contributed by atoms with Crippen molar-refractivity contribution in [2.24, 2.45) is 5.92 Å². The molecule has 1 heterocycles. The molecule has 0 radical (unpaired) electrons. The summed E-state index contributed by atoms with van der Waals surface area (Å²) in [5.74, 6) is 1.38. The Kier molecular flexibility index (Phi) is 3.34. The van der Waals surface area contributed by atoms with Crippen LogP contribution in [0, 0.1) is 5.92 Å². The molecule has 0 aliphatic carbocycles. The smallest absolute Gasteiger partial charge is 0.220 e. The monoisotopic (exact) mass is 183 g/mol. The van der Waals surface area contributed by atoms with Gasteiger partial charge in [-0.3, -0.25) is 4.79 Å². The average molecular weight is 183 g/mol. The predicted octanol–water partition coefficient (Wildman–Crippen LogP) is 1.45. The Hall–Kier alpha value is -0.990. The van der Waals surface area contributed by atoms with Crippen LogP contribution in [-0.4, -0.2) is 18.6 Å². The van der Waals surface area contributed by atoms with Crippen molar-refractivity contribution in [2.75, 3.05) is 6.54 Å². The Morgan fingerprint density at radius 1 is 1.77 bits per heavy atom. The van der Waals surface area contributed by atoms with E-state index in [0.29, 0.717) is 12.3 Å². The van der Waals surface area contributed by atoms with Crippen LogP contribution in [0.4, 0.5) is 0 Å². The van der Waals surface area contributed by atoms with Crippen LogP contribution in [0.1, 0.15) is 27.2 Å². The van der Waals surface area contributed by atoms with Gasteiger partial charge in [-0.15, -0.1) is 0 Å². The quantitative estimate of drug-likeness (QED) is 0.672. The molecular weight excluding hydrogens is 166 g/mol. The average Bonchev–Trinajstić information content (AvgIpc) is 2.51. The summed E-state index contributed by atoms with van der Waals surface area (Å²) < 4.78 is 5.60. The second-order valence-corrected chi connectivity index (χ2v) is 3.49. The van der Waals surface area contributed by atoms with Gasteiger partial charge in [0.05, 0.1) is 5.76 Å². The second-order valence-electron chi connectivity index (χ2n) is 3.49. The Bertz CT molecular complexity index is 223. The Labute approximate surface area is 79.2 Å². The van der Waals surface area contributed by atoms with E-state index in [2.05, 4.69) is 5.32 Å². The van der Waals surface area contributed by atoms with Crippen LogP contribution in [0.25, 0.3) is 0 Å². The molecule has 1 amide bonds. The number of hydrogen-bond acceptors (Lipinski definition) is 2. The molecule has 1 N–H and O–H groups in total. The largest absolute Gasteiger partial charge is 0.495 e. The van der Waals surface area contributed by atoms with Crippen LogP contribution in [0.2, 0.25) is 0 Å². The fraction of sp³-hybridized carbons (Fsp3) is 0.700. The van der Waals surface area contributed by atoms with Gasteiger partial charge in [-0.05, 0) is 26.8 Å². The molecule has 1 rings (SSSR count). The second kappa shape index (κ2) is 4.30. The van der Waals surface area contributed by atoms with Gasteiger partial charge in [0.2, 0.25) is 5.91 Å². The molecule has 1 aliphatic rings. The molecule has 0 aromatic carbocycles. The van der Waals surface area contributed by atoms with Crippen LogP contribution in [0.5, 0.6) is 0 Å². The lowest BCUT2D eigenvalue weighted by Gasteiger charge is -2.19. The highest BCUT2D eigenvalue weighted by molar-refractivity contribution is 5.78. The number of allylic oxidation sites excluding steroid dienone is 2. The summed E-state index contributed by atoms with van der Waals surface area (Å²) in [6.45, 7) is 6.63. The number of amides is 1. The molecular formula is C10H17NO2. The molecule has 13 heavy (non-hydrogen) atoms. The Balaban J connectivity index is 2.39. The van der Waals surface area contributed by atoms with Gasteiger partial charge in [0, 0.05) is 18.9 Å². The molecule has 1 saturated heterocycles. The minimum Gasteiger partial charge on any atom is -0.495 e. The Morgan fingerprint density at radius 2 is 2.46 bits per heavy atom. The fourth-order valence-corrected chi connectivity index (χ4v) is 1.42. The lowest BCUT2D eigenvalue weighted by molar-refractivity contribution is -0.119. The predicted molar refractivity (Wildman–Crippen MR) is 51.1 cm³/mol. The number of carbonyl (C=O) groups excluding carboxylic acids is 1. The normalized spacial score (nSPS) is 25.6. The topological polar surface area (TPSA) is 38.3 Å². The molecule has 0 aromatic rings. The first-order chi connectivity index (χ1) is 6.13. The molecule has 0 saturated carbocycles. The van der Waals surface area contributed by atoms with Crippen molar-refractivity contribution in [1.82, 2.24) is 5.32 Å². The van der Waals surface area contributed by atoms with Crippen molar-refractivity contribution in [3.8, 4) is 0 Å². The van der Waals surface area contributed by atoms with Gasteiger partial charge in [0.15, 0.2) is 0 Å². The summed E-state index contributed by atoms with van der Waals surface area (Å²) in [6, 6.07) is 0. The summed E-state index contributed by atoms with van der Waals surface area (Å²) in [5, 5.41) is 2.80.